The SMILES string of the molecule is C=C(C)COc1ccc(NC(=O)C(CC)Oc2cccc(C)c2)cc1. The van der Waals surface area contributed by atoms with E-state index in [9.17, 15) is 4.79 Å². The number of aryl methyl sites for hydroxylation is 1. The molecule has 1 N–H and O–H groups in total. The maximum absolute atomic E-state index is 12.5. The summed E-state index contributed by atoms with van der Waals surface area (Å²) in [6.07, 6.45) is 0.0423. The monoisotopic (exact) mass is 339 g/mol. The summed E-state index contributed by atoms with van der Waals surface area (Å²) in [5, 5.41) is 2.88. The van der Waals surface area contributed by atoms with Crippen molar-refractivity contribution in [1.29, 1.82) is 0 Å². The van der Waals surface area contributed by atoms with Crippen molar-refractivity contribution in [3.05, 3.63) is 66.2 Å². The summed E-state index contributed by atoms with van der Waals surface area (Å²) in [7, 11) is 0. The number of nitrogens with one attached hydrogen (secondary N) is 1. The first kappa shape index (κ1) is 18.6. The van der Waals surface area contributed by atoms with Crippen molar-refractivity contribution in [2.75, 3.05) is 11.9 Å². The van der Waals surface area contributed by atoms with Gasteiger partial charge in [0, 0.05) is 5.69 Å². The number of ether oxygens (including phenoxy) is 2. The molecule has 0 fully saturated rings. The fraction of sp³-hybridized carbons (Fsp3) is 0.286. The fourth-order valence-corrected chi connectivity index (χ4v) is 2.24. The second-order valence-electron chi connectivity index (χ2n) is 6.09. The van der Waals surface area contributed by atoms with Gasteiger partial charge < -0.3 is 14.8 Å². The number of amides is 1. The van der Waals surface area contributed by atoms with E-state index in [0.717, 1.165) is 16.9 Å². The van der Waals surface area contributed by atoms with E-state index in [-0.39, 0.29) is 5.91 Å². The molecule has 4 heteroatoms. The molecule has 0 saturated carbocycles. The Hall–Kier alpha value is -2.75. The third-order valence-corrected chi connectivity index (χ3v) is 3.54. The van der Waals surface area contributed by atoms with Crippen LogP contribution in [0.3, 0.4) is 0 Å². The smallest absolute Gasteiger partial charge is 0.265 e. The molecule has 132 valence electrons. The molecule has 0 aliphatic carbocycles. The average Bonchev–Trinajstić information content (AvgIpc) is 2.59. The molecule has 0 aliphatic heterocycles. The highest BCUT2D eigenvalue weighted by Crippen LogP contribution is 2.19. The maximum Gasteiger partial charge on any atom is 0.265 e. The summed E-state index contributed by atoms with van der Waals surface area (Å²) in [5.41, 5.74) is 2.76. The van der Waals surface area contributed by atoms with Crippen molar-refractivity contribution < 1.29 is 14.3 Å². The van der Waals surface area contributed by atoms with E-state index < -0.39 is 6.10 Å². The summed E-state index contributed by atoms with van der Waals surface area (Å²) in [4.78, 5) is 12.5. The van der Waals surface area contributed by atoms with Crippen molar-refractivity contribution in [1.82, 2.24) is 0 Å². The van der Waals surface area contributed by atoms with Crippen LogP contribution in [0.2, 0.25) is 0 Å². The molecule has 1 amide bonds. The van der Waals surface area contributed by atoms with Crippen LogP contribution in [0, 0.1) is 6.92 Å². The second kappa shape index (κ2) is 8.92. The highest BCUT2D eigenvalue weighted by molar-refractivity contribution is 5.94. The molecule has 2 aromatic carbocycles. The summed E-state index contributed by atoms with van der Waals surface area (Å²) >= 11 is 0. The number of carbonyl (C=O) groups excluding carboxylic acids is 1. The van der Waals surface area contributed by atoms with Crippen molar-refractivity contribution in [2.24, 2.45) is 0 Å². The van der Waals surface area contributed by atoms with Crippen LogP contribution in [0.5, 0.6) is 11.5 Å². The van der Waals surface area contributed by atoms with E-state index >= 15 is 0 Å². The normalized spacial score (nSPS) is 11.5. The minimum atomic E-state index is -0.541. The molecule has 25 heavy (non-hydrogen) atoms. The standard InChI is InChI=1S/C21H25NO3/c1-5-20(25-19-8-6-7-16(4)13-19)21(23)22-17-9-11-18(12-10-17)24-14-15(2)3/h6-13,20H,2,5,14H2,1,3-4H3,(H,22,23). The topological polar surface area (TPSA) is 47.6 Å². The number of hydrogen-bond donors (Lipinski definition) is 1. The minimum absolute atomic E-state index is 0.167. The number of anilines is 1. The van der Waals surface area contributed by atoms with Gasteiger partial charge in [-0.25, -0.2) is 0 Å². The van der Waals surface area contributed by atoms with Crippen LogP contribution in [-0.4, -0.2) is 18.6 Å². The first-order chi connectivity index (χ1) is 12.0. The molecule has 0 radical (unpaired) electrons. The van der Waals surface area contributed by atoms with Crippen molar-refractivity contribution >= 4 is 11.6 Å². The van der Waals surface area contributed by atoms with E-state index in [1.807, 2.05) is 69.3 Å². The van der Waals surface area contributed by atoms with Crippen LogP contribution in [0.4, 0.5) is 5.69 Å². The molecule has 4 nitrogen and oxygen atoms in total. The first-order valence-corrected chi connectivity index (χ1v) is 8.39. The van der Waals surface area contributed by atoms with E-state index in [4.69, 9.17) is 9.47 Å². The lowest BCUT2D eigenvalue weighted by Gasteiger charge is -2.17. The van der Waals surface area contributed by atoms with E-state index in [0.29, 0.717) is 24.5 Å². The highest BCUT2D eigenvalue weighted by Gasteiger charge is 2.18. The molecule has 0 bridgehead atoms. The fourth-order valence-electron chi connectivity index (χ4n) is 2.24. The van der Waals surface area contributed by atoms with Crippen LogP contribution in [-0.2, 0) is 4.79 Å². The molecule has 1 unspecified atom stereocenters. The molecule has 0 aromatic heterocycles. The summed E-state index contributed by atoms with van der Waals surface area (Å²) in [6, 6.07) is 14.9. The summed E-state index contributed by atoms with van der Waals surface area (Å²) < 4.78 is 11.4. The molecular formula is C21H25NO3. The Morgan fingerprint density at radius 3 is 2.48 bits per heavy atom. The van der Waals surface area contributed by atoms with Gasteiger partial charge in [-0.05, 0) is 67.8 Å². The van der Waals surface area contributed by atoms with Crippen LogP contribution in [0.1, 0.15) is 25.8 Å². The molecule has 0 heterocycles. The molecule has 1 atom stereocenters. The number of rotatable bonds is 8. The van der Waals surface area contributed by atoms with Gasteiger partial charge in [0.25, 0.3) is 5.91 Å². The van der Waals surface area contributed by atoms with Crippen molar-refractivity contribution in [3.8, 4) is 11.5 Å². The Morgan fingerprint density at radius 1 is 1.16 bits per heavy atom. The van der Waals surface area contributed by atoms with E-state index in [1.54, 1.807) is 0 Å². The first-order valence-electron chi connectivity index (χ1n) is 8.39. The van der Waals surface area contributed by atoms with Crippen LogP contribution >= 0.6 is 0 Å². The number of hydrogen-bond acceptors (Lipinski definition) is 3. The molecule has 0 saturated heterocycles. The van der Waals surface area contributed by atoms with Gasteiger partial charge in [0.1, 0.15) is 18.1 Å². The molecule has 2 rings (SSSR count). The number of carbonyl (C=O) groups is 1. The van der Waals surface area contributed by atoms with Gasteiger partial charge in [-0.1, -0.05) is 25.6 Å². The molecule has 0 spiro atoms. The lowest BCUT2D eigenvalue weighted by Crippen LogP contribution is -2.32. The van der Waals surface area contributed by atoms with Gasteiger partial charge in [-0.2, -0.15) is 0 Å². The molecule has 2 aromatic rings. The zero-order valence-electron chi connectivity index (χ0n) is 15.0. The Labute approximate surface area is 149 Å². The Bertz CT molecular complexity index is 722. The van der Waals surface area contributed by atoms with E-state index in [1.165, 1.54) is 0 Å². The van der Waals surface area contributed by atoms with Crippen LogP contribution < -0.4 is 14.8 Å². The Balaban J connectivity index is 1.95. The van der Waals surface area contributed by atoms with Gasteiger partial charge in [-0.15, -0.1) is 0 Å². The van der Waals surface area contributed by atoms with Crippen molar-refractivity contribution in [3.63, 3.8) is 0 Å². The third kappa shape index (κ3) is 5.99. The zero-order chi connectivity index (χ0) is 18.2. The maximum atomic E-state index is 12.5. The van der Waals surface area contributed by atoms with E-state index in [2.05, 4.69) is 11.9 Å². The highest BCUT2D eigenvalue weighted by atomic mass is 16.5. The van der Waals surface area contributed by atoms with Crippen LogP contribution in [0.15, 0.2) is 60.7 Å². The largest absolute Gasteiger partial charge is 0.489 e. The molecular weight excluding hydrogens is 314 g/mol. The predicted molar refractivity (Wildman–Crippen MR) is 101 cm³/mol. The summed E-state index contributed by atoms with van der Waals surface area (Å²) in [6.45, 7) is 10.1. The third-order valence-electron chi connectivity index (χ3n) is 3.54. The predicted octanol–water partition coefficient (Wildman–Crippen LogP) is 4.75. The van der Waals surface area contributed by atoms with Gasteiger partial charge >= 0.3 is 0 Å². The minimum Gasteiger partial charge on any atom is -0.489 e. The van der Waals surface area contributed by atoms with Crippen LogP contribution in [0.25, 0.3) is 0 Å². The quantitative estimate of drug-likeness (QED) is 0.706. The molecule has 0 aliphatic rings. The average molecular weight is 339 g/mol. The van der Waals surface area contributed by atoms with Gasteiger partial charge in [-0.3, -0.25) is 4.79 Å². The second-order valence-corrected chi connectivity index (χ2v) is 6.09. The van der Waals surface area contributed by atoms with Gasteiger partial charge in [0.05, 0.1) is 0 Å². The Morgan fingerprint density at radius 2 is 1.88 bits per heavy atom. The Kier molecular flexibility index (Phi) is 6.63. The lowest BCUT2D eigenvalue weighted by molar-refractivity contribution is -0.122. The zero-order valence-corrected chi connectivity index (χ0v) is 15.0. The lowest BCUT2D eigenvalue weighted by atomic mass is 10.2. The number of benzene rings is 2. The van der Waals surface area contributed by atoms with Gasteiger partial charge in [0.2, 0.25) is 0 Å². The van der Waals surface area contributed by atoms with Gasteiger partial charge in [0.15, 0.2) is 6.10 Å². The summed E-state index contributed by atoms with van der Waals surface area (Å²) in [5.74, 6) is 1.27. The van der Waals surface area contributed by atoms with Crippen molar-refractivity contribution in [2.45, 2.75) is 33.3 Å².